The molecule has 38 heavy (non-hydrogen) atoms. The molecule has 0 fully saturated rings. The van der Waals surface area contributed by atoms with Crippen molar-refractivity contribution >= 4 is 39.4 Å². The fourth-order valence-corrected chi connectivity index (χ4v) is 4.41. The van der Waals surface area contributed by atoms with Crippen LogP contribution in [0.3, 0.4) is 0 Å². The van der Waals surface area contributed by atoms with Gasteiger partial charge in [-0.25, -0.2) is 22.9 Å². The predicted octanol–water partition coefficient (Wildman–Crippen LogP) is 3.40. The van der Waals surface area contributed by atoms with Gasteiger partial charge in [-0.15, -0.1) is 0 Å². The summed E-state index contributed by atoms with van der Waals surface area (Å²) < 4.78 is 37.5. The fraction of sp³-hybridized carbons (Fsp3) is 0.231. The number of nitrogens with zero attached hydrogens (tertiary/aromatic N) is 1. The number of esters is 1. The van der Waals surface area contributed by atoms with Crippen LogP contribution in [0.4, 0.5) is 0 Å². The number of hydrogen-bond donors (Lipinski definition) is 2. The molecule has 1 heterocycles. The van der Waals surface area contributed by atoms with E-state index in [0.29, 0.717) is 29.2 Å². The molecule has 1 aromatic heterocycles. The molecule has 10 nitrogen and oxygen atoms in total. The van der Waals surface area contributed by atoms with E-state index >= 15 is 0 Å². The Morgan fingerprint density at radius 2 is 1.74 bits per heavy atom. The number of carbonyl (C=O) groups excluding carboxylic acids is 3. The summed E-state index contributed by atoms with van der Waals surface area (Å²) in [5.74, 6) is -1.49. The summed E-state index contributed by atoms with van der Waals surface area (Å²) in [6.45, 7) is 2.38. The summed E-state index contributed by atoms with van der Waals surface area (Å²) in [5, 5.41) is 3.17. The molecule has 0 bridgehead atoms. The maximum Gasteiger partial charge on any atom is 0.356 e. The van der Waals surface area contributed by atoms with Gasteiger partial charge in [-0.05, 0) is 60.9 Å². The molecule has 200 valence electrons. The highest BCUT2D eigenvalue weighted by Gasteiger charge is 2.20. The average molecular weight is 560 g/mol. The molecule has 0 aliphatic carbocycles. The zero-order valence-corrected chi connectivity index (χ0v) is 22.3. The maximum absolute atomic E-state index is 12.7. The quantitative estimate of drug-likeness (QED) is 0.341. The Morgan fingerprint density at radius 3 is 2.37 bits per heavy atom. The second kappa shape index (κ2) is 13.0. The zero-order valence-electron chi connectivity index (χ0n) is 20.7. The highest BCUT2D eigenvalue weighted by atomic mass is 35.5. The van der Waals surface area contributed by atoms with Crippen LogP contribution in [0.5, 0.6) is 5.75 Å². The molecule has 12 heteroatoms. The molecule has 2 aromatic carbocycles. The number of halogens is 1. The number of nitrogens with one attached hydrogen (secondary N) is 2. The highest BCUT2D eigenvalue weighted by Crippen LogP contribution is 2.22. The third-order valence-corrected chi connectivity index (χ3v) is 6.82. The van der Waals surface area contributed by atoms with Gasteiger partial charge < -0.3 is 14.8 Å². The van der Waals surface area contributed by atoms with Crippen molar-refractivity contribution in [1.29, 1.82) is 0 Å². The van der Waals surface area contributed by atoms with Gasteiger partial charge in [-0.2, -0.15) is 0 Å². The van der Waals surface area contributed by atoms with Gasteiger partial charge in [0, 0.05) is 17.8 Å². The Labute approximate surface area is 225 Å². The van der Waals surface area contributed by atoms with Crippen molar-refractivity contribution in [3.8, 4) is 5.75 Å². The number of methoxy groups -OCH3 is 1. The normalized spacial score (nSPS) is 10.9. The fourth-order valence-electron chi connectivity index (χ4n) is 3.27. The van der Waals surface area contributed by atoms with E-state index in [1.807, 2.05) is 11.6 Å². The number of ether oxygens (including phenoxy) is 2. The first-order chi connectivity index (χ1) is 18.1. The molecule has 3 rings (SSSR count). The van der Waals surface area contributed by atoms with Gasteiger partial charge >= 0.3 is 5.97 Å². The van der Waals surface area contributed by atoms with Crippen molar-refractivity contribution in [2.45, 2.75) is 24.7 Å². The van der Waals surface area contributed by atoms with E-state index < -0.39 is 21.9 Å². The summed E-state index contributed by atoms with van der Waals surface area (Å²) >= 11 is 5.97. The predicted molar refractivity (Wildman–Crippen MR) is 140 cm³/mol. The maximum atomic E-state index is 12.7. The summed E-state index contributed by atoms with van der Waals surface area (Å²) in [5.41, 5.74) is 1.04. The Kier molecular flexibility index (Phi) is 9.80. The van der Waals surface area contributed by atoms with Crippen LogP contribution in [0, 0.1) is 0 Å². The Balaban J connectivity index is 1.56. The van der Waals surface area contributed by atoms with E-state index in [1.165, 1.54) is 37.4 Å². The highest BCUT2D eigenvalue weighted by molar-refractivity contribution is 7.90. The second-order valence-corrected chi connectivity index (χ2v) is 10.1. The number of sulfonamides is 1. The minimum absolute atomic E-state index is 0.0105. The molecule has 2 amide bonds. The number of pyridine rings is 1. The van der Waals surface area contributed by atoms with Crippen LogP contribution in [-0.2, 0) is 21.2 Å². The van der Waals surface area contributed by atoms with Gasteiger partial charge in [0.25, 0.3) is 21.8 Å². The third-order valence-electron chi connectivity index (χ3n) is 5.24. The number of hydrogen-bond acceptors (Lipinski definition) is 8. The third kappa shape index (κ3) is 7.53. The Morgan fingerprint density at radius 1 is 1.00 bits per heavy atom. The first-order valence-corrected chi connectivity index (χ1v) is 13.4. The van der Waals surface area contributed by atoms with Gasteiger partial charge in [0.2, 0.25) is 0 Å². The smallest absolute Gasteiger partial charge is 0.356 e. The molecule has 0 saturated heterocycles. The molecule has 0 aliphatic heterocycles. The lowest BCUT2D eigenvalue weighted by atomic mass is 10.1. The van der Waals surface area contributed by atoms with Crippen LogP contribution >= 0.6 is 11.6 Å². The van der Waals surface area contributed by atoms with E-state index in [9.17, 15) is 22.8 Å². The van der Waals surface area contributed by atoms with Crippen molar-refractivity contribution < 1.29 is 32.3 Å². The SMILES string of the molecule is CCCOC(=O)c1ccc(C(=O)NS(=O)(=O)c2ccc(CCNC(=O)c3cc(Cl)ccc3OC)cc2)cn1. The van der Waals surface area contributed by atoms with E-state index in [1.54, 1.807) is 24.3 Å². The largest absolute Gasteiger partial charge is 0.496 e. The van der Waals surface area contributed by atoms with Gasteiger partial charge in [0.05, 0.1) is 29.7 Å². The van der Waals surface area contributed by atoms with E-state index in [4.69, 9.17) is 21.1 Å². The average Bonchev–Trinajstić information content (AvgIpc) is 2.91. The zero-order chi connectivity index (χ0) is 27.7. The van der Waals surface area contributed by atoms with Crippen LogP contribution in [0.25, 0.3) is 0 Å². The van der Waals surface area contributed by atoms with Crippen molar-refractivity contribution in [3.63, 3.8) is 0 Å². The van der Waals surface area contributed by atoms with Crippen LogP contribution < -0.4 is 14.8 Å². The molecule has 2 N–H and O–H groups in total. The number of aromatic nitrogens is 1. The summed E-state index contributed by atoms with van der Waals surface area (Å²) in [6, 6.07) is 13.2. The van der Waals surface area contributed by atoms with Gasteiger partial charge in [0.15, 0.2) is 0 Å². The molecule has 0 radical (unpaired) electrons. The molecule has 0 saturated carbocycles. The minimum atomic E-state index is -4.16. The summed E-state index contributed by atoms with van der Waals surface area (Å²) in [7, 11) is -2.70. The molecular weight excluding hydrogens is 534 g/mol. The number of rotatable bonds is 11. The van der Waals surface area contributed by atoms with Crippen molar-refractivity contribution in [2.75, 3.05) is 20.3 Å². The van der Waals surface area contributed by atoms with E-state index in [0.717, 1.165) is 11.8 Å². The minimum Gasteiger partial charge on any atom is -0.496 e. The van der Waals surface area contributed by atoms with Crippen LogP contribution in [0.15, 0.2) is 65.7 Å². The van der Waals surface area contributed by atoms with Crippen molar-refractivity contribution in [2.24, 2.45) is 0 Å². The molecule has 3 aromatic rings. The van der Waals surface area contributed by atoms with Crippen molar-refractivity contribution in [3.05, 3.63) is 88.2 Å². The van der Waals surface area contributed by atoms with Gasteiger partial charge in [-0.1, -0.05) is 30.7 Å². The lowest BCUT2D eigenvalue weighted by Gasteiger charge is -2.10. The molecular formula is C26H26ClN3O7S. The lowest BCUT2D eigenvalue weighted by Crippen LogP contribution is -2.30. The van der Waals surface area contributed by atoms with Crippen LogP contribution in [0.1, 0.15) is 50.1 Å². The van der Waals surface area contributed by atoms with Crippen LogP contribution in [-0.4, -0.2) is 51.4 Å². The Bertz CT molecular complexity index is 1410. The molecule has 0 aliphatic rings. The summed E-state index contributed by atoms with van der Waals surface area (Å²) in [4.78, 5) is 40.5. The monoisotopic (exact) mass is 559 g/mol. The van der Waals surface area contributed by atoms with Gasteiger partial charge in [-0.3, -0.25) is 9.59 Å². The van der Waals surface area contributed by atoms with Gasteiger partial charge in [0.1, 0.15) is 11.4 Å². The van der Waals surface area contributed by atoms with Crippen LogP contribution in [0.2, 0.25) is 5.02 Å². The number of carbonyl (C=O) groups is 3. The Hall–Kier alpha value is -3.96. The van der Waals surface area contributed by atoms with E-state index in [-0.39, 0.29) is 35.2 Å². The summed E-state index contributed by atoms with van der Waals surface area (Å²) in [6.07, 6.45) is 2.19. The van der Waals surface area contributed by atoms with Crippen molar-refractivity contribution in [1.82, 2.24) is 15.0 Å². The second-order valence-electron chi connectivity index (χ2n) is 8.00. The first kappa shape index (κ1) is 28.6. The standard InChI is InChI=1S/C26H26ClN3O7S/c1-3-14-37-26(33)22-10-6-18(16-29-22)24(31)30-38(34,35)20-8-4-17(5-9-20)12-13-28-25(32)21-15-19(27)7-11-23(21)36-2/h4-11,15-16H,3,12-14H2,1-2H3,(H,28,32)(H,30,31). The molecule has 0 spiro atoms. The topological polar surface area (TPSA) is 141 Å². The lowest BCUT2D eigenvalue weighted by molar-refractivity contribution is 0.0497. The number of amides is 2. The first-order valence-electron chi connectivity index (χ1n) is 11.6. The molecule has 0 atom stereocenters. The number of benzene rings is 2. The van der Waals surface area contributed by atoms with E-state index in [2.05, 4.69) is 10.3 Å². The molecule has 0 unspecified atom stereocenters.